The van der Waals surface area contributed by atoms with Crippen molar-refractivity contribution in [3.05, 3.63) is 64.7 Å². The number of carbonyl (C=O) groups excluding carboxylic acids is 2. The lowest BCUT2D eigenvalue weighted by Crippen LogP contribution is -2.28. The third-order valence-electron chi connectivity index (χ3n) is 4.20. The number of nitrogens with one attached hydrogen (secondary N) is 1. The molecule has 27 heavy (non-hydrogen) atoms. The van der Waals surface area contributed by atoms with E-state index in [0.717, 1.165) is 16.7 Å². The van der Waals surface area contributed by atoms with E-state index in [4.69, 9.17) is 4.74 Å². The van der Waals surface area contributed by atoms with Gasteiger partial charge in [0.2, 0.25) is 0 Å². The van der Waals surface area contributed by atoms with Crippen LogP contribution in [0.15, 0.2) is 42.5 Å². The number of fused-ring (bicyclic) bond motifs is 1. The number of carbonyl (C=O) groups is 2. The second-order valence-corrected chi connectivity index (χ2v) is 7.59. The molecule has 2 aromatic carbocycles. The fraction of sp³-hybridized carbons (Fsp3) is 0.273. The SMILES string of the molecule is CN1Cc2c(C=Cc3ccccc3)ccc(NC(=O)OC(C)(C)C)c2C1=O. The van der Waals surface area contributed by atoms with E-state index in [1.54, 1.807) is 38.8 Å². The van der Waals surface area contributed by atoms with E-state index in [0.29, 0.717) is 17.8 Å². The van der Waals surface area contributed by atoms with Gasteiger partial charge >= 0.3 is 6.09 Å². The van der Waals surface area contributed by atoms with E-state index in [1.165, 1.54) is 0 Å². The van der Waals surface area contributed by atoms with Crippen molar-refractivity contribution in [3.8, 4) is 0 Å². The standard InChI is InChI=1S/C22H24N2O3/c1-22(2,3)27-21(26)23-18-13-12-16(11-10-15-8-6-5-7-9-15)17-14-24(4)20(25)19(17)18/h5-13H,14H2,1-4H3,(H,23,26). The smallest absolute Gasteiger partial charge is 0.412 e. The van der Waals surface area contributed by atoms with Crippen LogP contribution in [0.5, 0.6) is 0 Å². The lowest BCUT2D eigenvalue weighted by Gasteiger charge is -2.20. The first-order valence-electron chi connectivity index (χ1n) is 8.89. The van der Waals surface area contributed by atoms with Gasteiger partial charge < -0.3 is 9.64 Å². The Morgan fingerprint density at radius 2 is 1.81 bits per heavy atom. The maximum absolute atomic E-state index is 12.6. The van der Waals surface area contributed by atoms with Crippen LogP contribution in [-0.2, 0) is 11.3 Å². The van der Waals surface area contributed by atoms with Gasteiger partial charge in [-0.15, -0.1) is 0 Å². The van der Waals surface area contributed by atoms with Crippen LogP contribution in [0.1, 0.15) is 47.8 Å². The van der Waals surface area contributed by atoms with Crippen LogP contribution in [0.25, 0.3) is 12.2 Å². The topological polar surface area (TPSA) is 58.6 Å². The van der Waals surface area contributed by atoms with E-state index < -0.39 is 11.7 Å². The van der Waals surface area contributed by atoms with Crippen molar-refractivity contribution in [2.24, 2.45) is 0 Å². The Labute approximate surface area is 159 Å². The highest BCUT2D eigenvalue weighted by molar-refractivity contribution is 6.07. The van der Waals surface area contributed by atoms with Gasteiger partial charge in [0.1, 0.15) is 5.60 Å². The molecule has 0 fully saturated rings. The van der Waals surface area contributed by atoms with Gasteiger partial charge in [-0.3, -0.25) is 10.1 Å². The average Bonchev–Trinajstić information content (AvgIpc) is 2.89. The molecule has 1 heterocycles. The number of nitrogens with zero attached hydrogens (tertiary/aromatic N) is 1. The number of rotatable bonds is 3. The summed E-state index contributed by atoms with van der Waals surface area (Å²) in [5.74, 6) is -0.106. The van der Waals surface area contributed by atoms with Crippen LogP contribution in [0.2, 0.25) is 0 Å². The minimum Gasteiger partial charge on any atom is -0.444 e. The third-order valence-corrected chi connectivity index (χ3v) is 4.20. The molecule has 5 heteroatoms. The van der Waals surface area contributed by atoms with Crippen molar-refractivity contribution in [2.75, 3.05) is 12.4 Å². The highest BCUT2D eigenvalue weighted by atomic mass is 16.6. The van der Waals surface area contributed by atoms with Gasteiger partial charge in [-0.2, -0.15) is 0 Å². The summed E-state index contributed by atoms with van der Waals surface area (Å²) in [5.41, 5.74) is 3.35. The van der Waals surface area contributed by atoms with Gasteiger partial charge in [-0.05, 0) is 43.5 Å². The summed E-state index contributed by atoms with van der Waals surface area (Å²) in [6, 6.07) is 13.6. The fourth-order valence-electron chi connectivity index (χ4n) is 3.00. The molecule has 0 atom stereocenters. The number of amides is 2. The summed E-state index contributed by atoms with van der Waals surface area (Å²) in [6.45, 7) is 5.90. The lowest BCUT2D eigenvalue weighted by molar-refractivity contribution is 0.0636. The average molecular weight is 364 g/mol. The van der Waals surface area contributed by atoms with Crippen LogP contribution >= 0.6 is 0 Å². The Balaban J connectivity index is 1.92. The van der Waals surface area contributed by atoms with Gasteiger partial charge in [0.15, 0.2) is 0 Å². The summed E-state index contributed by atoms with van der Waals surface area (Å²) < 4.78 is 5.31. The van der Waals surface area contributed by atoms with E-state index in [1.807, 2.05) is 48.6 Å². The first-order chi connectivity index (χ1) is 12.7. The normalized spacial score (nSPS) is 13.8. The summed E-state index contributed by atoms with van der Waals surface area (Å²) >= 11 is 0. The molecule has 1 N–H and O–H groups in total. The van der Waals surface area contributed by atoms with E-state index >= 15 is 0 Å². The highest BCUT2D eigenvalue weighted by Crippen LogP contribution is 2.32. The Kier molecular flexibility index (Phi) is 5.04. The molecule has 0 saturated carbocycles. The molecule has 0 saturated heterocycles. The molecule has 0 spiro atoms. The van der Waals surface area contributed by atoms with E-state index in [2.05, 4.69) is 5.32 Å². The molecule has 5 nitrogen and oxygen atoms in total. The van der Waals surface area contributed by atoms with Crippen LogP contribution < -0.4 is 5.32 Å². The number of benzene rings is 2. The number of hydrogen-bond donors (Lipinski definition) is 1. The molecule has 0 aliphatic carbocycles. The van der Waals surface area contributed by atoms with Crippen molar-refractivity contribution in [2.45, 2.75) is 32.9 Å². The highest BCUT2D eigenvalue weighted by Gasteiger charge is 2.30. The van der Waals surface area contributed by atoms with Crippen LogP contribution in [0.3, 0.4) is 0 Å². The molecule has 2 aromatic rings. The molecule has 0 aromatic heterocycles. The van der Waals surface area contributed by atoms with E-state index in [9.17, 15) is 9.59 Å². The van der Waals surface area contributed by atoms with Crippen molar-refractivity contribution < 1.29 is 14.3 Å². The first kappa shape index (κ1) is 18.7. The quantitative estimate of drug-likeness (QED) is 0.797. The molecule has 3 rings (SSSR count). The van der Waals surface area contributed by atoms with Gasteiger partial charge in [0, 0.05) is 13.6 Å². The molecular weight excluding hydrogens is 340 g/mol. The fourth-order valence-corrected chi connectivity index (χ4v) is 3.00. The van der Waals surface area contributed by atoms with Crippen LogP contribution in [-0.4, -0.2) is 29.5 Å². The molecule has 0 unspecified atom stereocenters. The summed E-state index contributed by atoms with van der Waals surface area (Å²) in [5, 5.41) is 2.72. The summed E-state index contributed by atoms with van der Waals surface area (Å²) in [7, 11) is 1.75. The minimum absolute atomic E-state index is 0.106. The van der Waals surface area contributed by atoms with Gasteiger partial charge in [-0.1, -0.05) is 48.6 Å². The maximum Gasteiger partial charge on any atom is 0.412 e. The maximum atomic E-state index is 12.6. The van der Waals surface area contributed by atoms with Crippen molar-refractivity contribution >= 4 is 29.8 Å². The lowest BCUT2D eigenvalue weighted by atomic mass is 10.00. The van der Waals surface area contributed by atoms with Gasteiger partial charge in [-0.25, -0.2) is 4.79 Å². The monoisotopic (exact) mass is 364 g/mol. The molecule has 0 radical (unpaired) electrons. The zero-order valence-electron chi connectivity index (χ0n) is 16.1. The molecule has 2 amide bonds. The third kappa shape index (κ3) is 4.37. The Morgan fingerprint density at radius 3 is 2.48 bits per heavy atom. The Morgan fingerprint density at radius 1 is 1.11 bits per heavy atom. The number of hydrogen-bond acceptors (Lipinski definition) is 3. The second-order valence-electron chi connectivity index (χ2n) is 7.59. The summed E-state index contributed by atoms with van der Waals surface area (Å²) in [4.78, 5) is 26.4. The minimum atomic E-state index is -0.605. The molecule has 1 aliphatic rings. The first-order valence-corrected chi connectivity index (χ1v) is 8.89. The number of ether oxygens (including phenoxy) is 1. The summed E-state index contributed by atoms with van der Waals surface area (Å²) in [6.07, 6.45) is 3.44. The molecular formula is C22H24N2O3. The van der Waals surface area contributed by atoms with Crippen molar-refractivity contribution in [1.29, 1.82) is 0 Å². The number of anilines is 1. The largest absolute Gasteiger partial charge is 0.444 e. The predicted octanol–water partition coefficient (Wildman–Crippen LogP) is 4.79. The van der Waals surface area contributed by atoms with Gasteiger partial charge in [0.05, 0.1) is 11.3 Å². The van der Waals surface area contributed by atoms with Crippen molar-refractivity contribution in [3.63, 3.8) is 0 Å². The van der Waals surface area contributed by atoms with E-state index in [-0.39, 0.29) is 5.91 Å². The molecule has 0 bridgehead atoms. The van der Waals surface area contributed by atoms with Crippen LogP contribution in [0.4, 0.5) is 10.5 Å². The molecule has 140 valence electrons. The van der Waals surface area contributed by atoms with Crippen molar-refractivity contribution in [1.82, 2.24) is 4.90 Å². The Bertz CT molecular complexity index is 896. The second kappa shape index (κ2) is 7.27. The Hall–Kier alpha value is -3.08. The van der Waals surface area contributed by atoms with Crippen LogP contribution in [0, 0.1) is 0 Å². The zero-order valence-corrected chi connectivity index (χ0v) is 16.1. The molecule has 1 aliphatic heterocycles. The zero-order chi connectivity index (χ0) is 19.6. The van der Waals surface area contributed by atoms with Gasteiger partial charge in [0.25, 0.3) is 5.91 Å². The predicted molar refractivity (Wildman–Crippen MR) is 107 cm³/mol.